The fraction of sp³-hybridized carbons (Fsp3) is 0.333. The maximum atomic E-state index is 9.58. The molecule has 0 aromatic heterocycles. The van der Waals surface area contributed by atoms with Gasteiger partial charge in [0.05, 0.1) is 8.07 Å². The van der Waals surface area contributed by atoms with Crippen molar-refractivity contribution >= 4 is 24.9 Å². The smallest absolute Gasteiger partial charge is 0.116 e. The van der Waals surface area contributed by atoms with Crippen molar-refractivity contribution in [1.82, 2.24) is 0 Å². The Labute approximate surface area is 79.0 Å². The van der Waals surface area contributed by atoms with E-state index in [-0.39, 0.29) is 0 Å². The summed E-state index contributed by atoms with van der Waals surface area (Å²) in [5.41, 5.74) is 0. The van der Waals surface area contributed by atoms with Crippen LogP contribution < -0.4 is 5.19 Å². The predicted molar refractivity (Wildman–Crippen MR) is 56.1 cm³/mol. The minimum Gasteiger partial charge on any atom is -0.508 e. The molecule has 0 saturated heterocycles. The first kappa shape index (κ1) is 9.61. The van der Waals surface area contributed by atoms with Crippen molar-refractivity contribution in [2.75, 3.05) is 0 Å². The van der Waals surface area contributed by atoms with E-state index >= 15 is 0 Å². The number of rotatable bonds is 1. The van der Waals surface area contributed by atoms with Gasteiger partial charge in [0, 0.05) is 5.02 Å². The van der Waals surface area contributed by atoms with Gasteiger partial charge in [-0.3, -0.25) is 0 Å². The maximum absolute atomic E-state index is 9.58. The molecule has 0 aliphatic carbocycles. The van der Waals surface area contributed by atoms with Gasteiger partial charge < -0.3 is 5.11 Å². The van der Waals surface area contributed by atoms with E-state index in [0.717, 1.165) is 5.19 Å². The molecule has 12 heavy (non-hydrogen) atoms. The van der Waals surface area contributed by atoms with Gasteiger partial charge in [0.15, 0.2) is 0 Å². The Kier molecular flexibility index (Phi) is 2.49. The van der Waals surface area contributed by atoms with E-state index in [1.165, 1.54) is 0 Å². The minimum atomic E-state index is -1.50. The lowest BCUT2D eigenvalue weighted by atomic mass is 10.3. The molecule has 0 radical (unpaired) electrons. The van der Waals surface area contributed by atoms with E-state index in [9.17, 15) is 5.11 Å². The number of phenols is 1. The van der Waals surface area contributed by atoms with Gasteiger partial charge in [0.25, 0.3) is 0 Å². The lowest BCUT2D eigenvalue weighted by Gasteiger charge is -2.19. The standard InChI is InChI=1S/C9H13ClOSi/c1-12(2,3)9-7(10)5-4-6-8(9)11/h4-6,11H,1-3H3. The van der Waals surface area contributed by atoms with E-state index in [1.54, 1.807) is 12.1 Å². The van der Waals surface area contributed by atoms with Gasteiger partial charge in [-0.2, -0.15) is 0 Å². The summed E-state index contributed by atoms with van der Waals surface area (Å²) in [4.78, 5) is 0. The second-order valence-corrected chi connectivity index (χ2v) is 9.29. The van der Waals surface area contributed by atoms with Gasteiger partial charge in [-0.25, -0.2) is 0 Å². The van der Waals surface area contributed by atoms with Crippen LogP contribution in [0.1, 0.15) is 0 Å². The zero-order valence-electron chi connectivity index (χ0n) is 7.56. The first-order valence-electron chi connectivity index (χ1n) is 3.91. The molecule has 0 atom stereocenters. The van der Waals surface area contributed by atoms with E-state index in [4.69, 9.17) is 11.6 Å². The topological polar surface area (TPSA) is 20.2 Å². The molecule has 0 heterocycles. The molecule has 0 saturated carbocycles. The van der Waals surface area contributed by atoms with E-state index in [2.05, 4.69) is 19.6 Å². The monoisotopic (exact) mass is 200 g/mol. The lowest BCUT2D eigenvalue weighted by molar-refractivity contribution is 0.479. The molecule has 0 unspecified atom stereocenters. The zero-order valence-corrected chi connectivity index (χ0v) is 9.31. The molecule has 66 valence electrons. The number of benzene rings is 1. The van der Waals surface area contributed by atoms with Crippen molar-refractivity contribution in [2.24, 2.45) is 0 Å². The largest absolute Gasteiger partial charge is 0.508 e. The maximum Gasteiger partial charge on any atom is 0.116 e. The van der Waals surface area contributed by atoms with Gasteiger partial charge >= 0.3 is 0 Å². The summed E-state index contributed by atoms with van der Waals surface area (Å²) >= 11 is 5.99. The molecular formula is C9H13ClOSi. The van der Waals surface area contributed by atoms with Gasteiger partial charge in [0.2, 0.25) is 0 Å². The Hall–Kier alpha value is -0.473. The van der Waals surface area contributed by atoms with Gasteiger partial charge in [-0.1, -0.05) is 37.3 Å². The molecule has 1 aromatic rings. The third kappa shape index (κ3) is 1.82. The SMILES string of the molecule is C[Si](C)(C)c1c(O)cccc1Cl. The van der Waals surface area contributed by atoms with Crippen LogP contribution in [0.5, 0.6) is 5.75 Å². The van der Waals surface area contributed by atoms with Crippen LogP contribution in [-0.4, -0.2) is 13.2 Å². The molecule has 3 heteroatoms. The first-order chi connectivity index (χ1) is 5.43. The van der Waals surface area contributed by atoms with Crippen LogP contribution in [0.3, 0.4) is 0 Å². The van der Waals surface area contributed by atoms with Crippen molar-refractivity contribution in [3.05, 3.63) is 23.2 Å². The molecule has 1 nitrogen and oxygen atoms in total. The van der Waals surface area contributed by atoms with Crippen molar-refractivity contribution in [3.8, 4) is 5.75 Å². The number of hydrogen-bond donors (Lipinski definition) is 1. The average Bonchev–Trinajstić information content (AvgIpc) is 1.82. The molecule has 1 rings (SSSR count). The summed E-state index contributed by atoms with van der Waals surface area (Å²) in [6.45, 7) is 6.48. The highest BCUT2D eigenvalue weighted by Crippen LogP contribution is 2.19. The van der Waals surface area contributed by atoms with Crippen molar-refractivity contribution in [1.29, 1.82) is 0 Å². The highest BCUT2D eigenvalue weighted by Gasteiger charge is 2.22. The average molecular weight is 201 g/mol. The van der Waals surface area contributed by atoms with Gasteiger partial charge in [-0.05, 0) is 17.3 Å². The molecule has 0 spiro atoms. The van der Waals surface area contributed by atoms with Crippen molar-refractivity contribution < 1.29 is 5.11 Å². The molecular weight excluding hydrogens is 188 g/mol. The molecule has 0 aliphatic heterocycles. The normalized spacial score (nSPS) is 11.7. The first-order valence-corrected chi connectivity index (χ1v) is 7.78. The molecule has 0 bridgehead atoms. The fourth-order valence-electron chi connectivity index (χ4n) is 1.26. The van der Waals surface area contributed by atoms with Crippen molar-refractivity contribution in [2.45, 2.75) is 19.6 Å². The molecule has 1 N–H and O–H groups in total. The third-order valence-electron chi connectivity index (χ3n) is 1.74. The van der Waals surface area contributed by atoms with E-state index < -0.39 is 8.07 Å². The van der Waals surface area contributed by atoms with E-state index in [1.807, 2.05) is 6.07 Å². The van der Waals surface area contributed by atoms with Crippen LogP contribution in [0.4, 0.5) is 0 Å². The highest BCUT2D eigenvalue weighted by atomic mass is 35.5. The van der Waals surface area contributed by atoms with Gasteiger partial charge in [-0.15, -0.1) is 0 Å². The molecule has 0 amide bonds. The lowest BCUT2D eigenvalue weighted by Crippen LogP contribution is -2.38. The van der Waals surface area contributed by atoms with Crippen LogP contribution >= 0.6 is 11.6 Å². The predicted octanol–water partition coefficient (Wildman–Crippen LogP) is 2.59. The van der Waals surface area contributed by atoms with Crippen LogP contribution in [0, 0.1) is 0 Å². The van der Waals surface area contributed by atoms with Crippen LogP contribution in [0.2, 0.25) is 24.7 Å². The third-order valence-corrected chi connectivity index (χ3v) is 4.24. The summed E-state index contributed by atoms with van der Waals surface area (Å²) in [6, 6.07) is 5.29. The Morgan fingerprint density at radius 3 is 2.17 bits per heavy atom. The Bertz CT molecular complexity index is 271. The van der Waals surface area contributed by atoms with Crippen LogP contribution in [0.25, 0.3) is 0 Å². The zero-order chi connectivity index (χ0) is 9.35. The molecule has 0 aliphatic rings. The quantitative estimate of drug-likeness (QED) is 0.692. The Morgan fingerprint density at radius 1 is 1.25 bits per heavy atom. The van der Waals surface area contributed by atoms with Gasteiger partial charge in [0.1, 0.15) is 5.75 Å². The Balaban J connectivity index is 3.31. The number of hydrogen-bond acceptors (Lipinski definition) is 1. The number of phenolic OH excluding ortho intramolecular Hbond substituents is 1. The van der Waals surface area contributed by atoms with E-state index in [0.29, 0.717) is 10.8 Å². The summed E-state index contributed by atoms with van der Waals surface area (Å²) in [5.74, 6) is 0.335. The highest BCUT2D eigenvalue weighted by molar-refractivity contribution is 6.90. The number of aromatic hydroxyl groups is 1. The minimum absolute atomic E-state index is 0.335. The molecule has 1 aromatic carbocycles. The van der Waals surface area contributed by atoms with Crippen LogP contribution in [0.15, 0.2) is 18.2 Å². The Morgan fingerprint density at radius 2 is 1.83 bits per heavy atom. The molecule has 0 fully saturated rings. The van der Waals surface area contributed by atoms with Crippen LogP contribution in [-0.2, 0) is 0 Å². The summed E-state index contributed by atoms with van der Waals surface area (Å²) < 4.78 is 0. The fourth-order valence-corrected chi connectivity index (χ4v) is 3.93. The summed E-state index contributed by atoms with van der Waals surface area (Å²) in [5, 5.41) is 11.2. The number of halogens is 1. The second kappa shape index (κ2) is 3.11. The second-order valence-electron chi connectivity index (χ2n) is 3.88. The van der Waals surface area contributed by atoms with Crippen molar-refractivity contribution in [3.63, 3.8) is 0 Å². The summed E-state index contributed by atoms with van der Waals surface area (Å²) in [6.07, 6.45) is 0. The summed E-state index contributed by atoms with van der Waals surface area (Å²) in [7, 11) is -1.50.